The highest BCUT2D eigenvalue weighted by molar-refractivity contribution is 5.88. The van der Waals surface area contributed by atoms with Gasteiger partial charge in [0.25, 0.3) is 0 Å². The minimum absolute atomic E-state index is 0.0935. The summed E-state index contributed by atoms with van der Waals surface area (Å²) in [5.41, 5.74) is 22.6. The number of hydrogen-bond acceptors (Lipinski definition) is 6. The van der Waals surface area contributed by atoms with Gasteiger partial charge in [0, 0.05) is 53.1 Å². The molecule has 5 rings (SSSR count). The molecule has 0 amide bonds. The number of allylic oxidation sites excluding steroid dienone is 1. The molecule has 0 bridgehead atoms. The Labute approximate surface area is 318 Å². The van der Waals surface area contributed by atoms with Crippen molar-refractivity contribution in [1.29, 1.82) is 0 Å². The van der Waals surface area contributed by atoms with E-state index in [4.69, 9.17) is 15.5 Å². The lowest BCUT2D eigenvalue weighted by molar-refractivity contribution is 0.333. The number of terminal acetylenes is 1. The number of hydrogen-bond donors (Lipinski definition) is 3. The lowest BCUT2D eigenvalue weighted by Gasteiger charge is -2.30. The van der Waals surface area contributed by atoms with E-state index in [2.05, 4.69) is 139 Å². The summed E-state index contributed by atoms with van der Waals surface area (Å²) in [5.74, 6) is 2.22. The smallest absolute Gasteiger partial charge is 0.144 e. The quantitative estimate of drug-likeness (QED) is 0.111. The first-order valence-electron chi connectivity index (χ1n) is 19.0. The van der Waals surface area contributed by atoms with E-state index >= 15 is 0 Å². The third kappa shape index (κ3) is 14.4. The zero-order valence-electron chi connectivity index (χ0n) is 34.7. The van der Waals surface area contributed by atoms with Crippen molar-refractivity contribution in [3.05, 3.63) is 106 Å². The second-order valence-corrected chi connectivity index (χ2v) is 13.2. The molecule has 1 aliphatic heterocycles. The fraction of sp³-hybridized carbons (Fsp3) is 0.478. The van der Waals surface area contributed by atoms with E-state index in [0.717, 1.165) is 61.2 Å². The largest absolute Gasteiger partial charge is 0.491 e. The molecule has 52 heavy (non-hydrogen) atoms. The van der Waals surface area contributed by atoms with Gasteiger partial charge >= 0.3 is 0 Å². The summed E-state index contributed by atoms with van der Waals surface area (Å²) in [6, 6.07) is 13.0. The van der Waals surface area contributed by atoms with Gasteiger partial charge in [-0.2, -0.15) is 0 Å². The number of nitrogen functional groups attached to an aromatic ring is 1. The normalized spacial score (nSPS) is 14.9. The fourth-order valence-corrected chi connectivity index (χ4v) is 5.99. The maximum atomic E-state index is 6.05. The standard InChI is InChI=1S/C17H24N2O.C13H20N2.C11H14.C2H6.C2H2.CH5N/c1-5-18-10-17(4,13-6-7-13)15-8-14-11(2)9-20-16(14)12(3)19-15;1-4-6-15-9-12-8-10(3)7-11(5-2)13(12)14;1-4-5-11-8-9(2)6-7-10(11)3;3*1-2/h5,8,11,13,18H,1,6-7,9-10H2,2-4H3;7-9H,4-6,14H2,1-3H3;4-8H,1-3H3;1-2H3;1-2H;2H2,1H3/b;;5-4-;;;. The summed E-state index contributed by atoms with van der Waals surface area (Å²) >= 11 is 0. The van der Waals surface area contributed by atoms with Crippen molar-refractivity contribution in [2.75, 3.05) is 32.5 Å². The molecular weight excluding hydrogens is 639 g/mol. The van der Waals surface area contributed by atoms with E-state index in [-0.39, 0.29) is 5.41 Å². The molecule has 5 N–H and O–H groups in total. The number of aryl methyl sites for hydroxylation is 5. The molecule has 286 valence electrons. The number of fused-ring (bicyclic) bond motifs is 1. The Hall–Kier alpha value is -4.34. The Morgan fingerprint density at radius 1 is 1.02 bits per heavy atom. The van der Waals surface area contributed by atoms with Gasteiger partial charge in [-0.25, -0.2) is 0 Å². The Balaban J connectivity index is 0.000000725. The number of nitrogens with zero attached hydrogens (tertiary/aromatic N) is 2. The number of aromatic nitrogens is 1. The number of aliphatic imine (C=N–C) groups is 1. The number of nitrogens with two attached hydrogens (primary N) is 2. The van der Waals surface area contributed by atoms with Crippen LogP contribution < -0.4 is 21.5 Å². The molecule has 2 aliphatic rings. The molecular formula is C46H71N5O. The minimum atomic E-state index is 0.0935. The topological polar surface area (TPSA) is 98.5 Å². The molecule has 0 saturated heterocycles. The van der Waals surface area contributed by atoms with Gasteiger partial charge in [0.1, 0.15) is 5.75 Å². The molecule has 2 unspecified atom stereocenters. The lowest BCUT2D eigenvalue weighted by Crippen LogP contribution is -2.36. The van der Waals surface area contributed by atoms with Crippen molar-refractivity contribution < 1.29 is 4.74 Å². The summed E-state index contributed by atoms with van der Waals surface area (Å²) in [5, 5.41) is 3.30. The van der Waals surface area contributed by atoms with Crippen LogP contribution >= 0.6 is 0 Å². The first kappa shape index (κ1) is 47.7. The van der Waals surface area contributed by atoms with E-state index in [9.17, 15) is 0 Å². The van der Waals surface area contributed by atoms with Crippen LogP contribution in [0.5, 0.6) is 5.75 Å². The average Bonchev–Trinajstić information content (AvgIpc) is 3.96. The van der Waals surface area contributed by atoms with Crippen molar-refractivity contribution in [2.24, 2.45) is 16.6 Å². The molecule has 3 aromatic rings. The monoisotopic (exact) mass is 710 g/mol. The lowest BCUT2D eigenvalue weighted by atomic mass is 9.79. The van der Waals surface area contributed by atoms with Gasteiger partial charge in [-0.15, -0.1) is 12.8 Å². The van der Waals surface area contributed by atoms with Crippen LogP contribution in [-0.2, 0) is 11.8 Å². The summed E-state index contributed by atoms with van der Waals surface area (Å²) in [7, 11) is 1.50. The maximum absolute atomic E-state index is 6.05. The Kier molecular flexibility index (Phi) is 23.5. The number of nitrogens with one attached hydrogen (secondary N) is 1. The highest BCUT2D eigenvalue weighted by Crippen LogP contribution is 2.48. The minimum Gasteiger partial charge on any atom is -0.491 e. The van der Waals surface area contributed by atoms with Crippen molar-refractivity contribution in [2.45, 2.75) is 113 Å². The van der Waals surface area contributed by atoms with Gasteiger partial charge in [-0.1, -0.05) is 95.7 Å². The zero-order valence-corrected chi connectivity index (χ0v) is 34.7. The van der Waals surface area contributed by atoms with Crippen LogP contribution in [0.25, 0.3) is 6.08 Å². The van der Waals surface area contributed by atoms with E-state index in [1.165, 1.54) is 59.0 Å². The molecule has 2 heterocycles. The van der Waals surface area contributed by atoms with Crippen molar-refractivity contribution in [3.8, 4) is 18.6 Å². The van der Waals surface area contributed by atoms with Gasteiger partial charge in [0.2, 0.25) is 0 Å². The molecule has 2 atom stereocenters. The van der Waals surface area contributed by atoms with E-state index < -0.39 is 0 Å². The molecule has 1 aromatic heterocycles. The molecule has 1 saturated carbocycles. The van der Waals surface area contributed by atoms with Crippen LogP contribution in [0.15, 0.2) is 60.2 Å². The average molecular weight is 710 g/mol. The van der Waals surface area contributed by atoms with Gasteiger partial charge in [-0.05, 0) is 108 Å². The number of anilines is 1. The number of rotatable bonds is 10. The van der Waals surface area contributed by atoms with Crippen molar-refractivity contribution in [1.82, 2.24) is 10.3 Å². The Bertz CT molecular complexity index is 1570. The molecule has 6 heteroatoms. The van der Waals surface area contributed by atoms with Gasteiger partial charge in [-0.3, -0.25) is 9.98 Å². The Morgan fingerprint density at radius 3 is 2.21 bits per heavy atom. The number of ether oxygens (including phenoxy) is 1. The van der Waals surface area contributed by atoms with Crippen LogP contribution in [0.1, 0.15) is 124 Å². The zero-order chi connectivity index (χ0) is 39.9. The fourth-order valence-electron chi connectivity index (χ4n) is 5.99. The van der Waals surface area contributed by atoms with Crippen LogP contribution in [0.4, 0.5) is 5.69 Å². The maximum Gasteiger partial charge on any atom is 0.144 e. The molecule has 0 radical (unpaired) electrons. The van der Waals surface area contributed by atoms with Gasteiger partial charge in [0.15, 0.2) is 0 Å². The number of benzene rings is 2. The van der Waals surface area contributed by atoms with Crippen LogP contribution in [-0.4, -0.2) is 37.9 Å². The second kappa shape index (κ2) is 25.6. The van der Waals surface area contributed by atoms with Crippen LogP contribution in [0.2, 0.25) is 0 Å². The first-order chi connectivity index (χ1) is 25.0. The second-order valence-electron chi connectivity index (χ2n) is 13.2. The van der Waals surface area contributed by atoms with E-state index in [0.29, 0.717) is 5.92 Å². The first-order valence-corrected chi connectivity index (χ1v) is 19.0. The molecule has 0 spiro atoms. The molecule has 6 nitrogen and oxygen atoms in total. The van der Waals surface area contributed by atoms with Crippen LogP contribution in [0, 0.1) is 46.5 Å². The van der Waals surface area contributed by atoms with Gasteiger partial charge in [0.05, 0.1) is 12.3 Å². The Morgan fingerprint density at radius 2 is 1.65 bits per heavy atom. The predicted octanol–water partition coefficient (Wildman–Crippen LogP) is 10.4. The third-order valence-corrected chi connectivity index (χ3v) is 9.04. The van der Waals surface area contributed by atoms with Crippen molar-refractivity contribution >= 4 is 18.0 Å². The van der Waals surface area contributed by atoms with Crippen molar-refractivity contribution in [3.63, 3.8) is 0 Å². The SMILES string of the molecule is C#C.C/C=C\c1cc(C)ccc1C.C=CNCC(C)(c1cc2c(c(C)n1)OCC2C)C1CC1.CC.CCCN=Cc1cc(C)cc(CC)c1N.CN. The summed E-state index contributed by atoms with van der Waals surface area (Å²) in [4.78, 5) is 9.20. The van der Waals surface area contributed by atoms with E-state index in [1.54, 1.807) is 6.20 Å². The molecule has 1 fully saturated rings. The molecule has 1 aliphatic carbocycles. The highest BCUT2D eigenvalue weighted by Gasteiger charge is 2.44. The summed E-state index contributed by atoms with van der Waals surface area (Å²) < 4.78 is 5.77. The van der Waals surface area contributed by atoms with Gasteiger partial charge < -0.3 is 21.5 Å². The summed E-state index contributed by atoms with van der Waals surface area (Å²) in [6.07, 6.45) is 20.5. The third-order valence-electron chi connectivity index (χ3n) is 9.04. The summed E-state index contributed by atoms with van der Waals surface area (Å²) in [6.45, 7) is 29.6. The number of pyridine rings is 1. The van der Waals surface area contributed by atoms with E-state index in [1.807, 2.05) is 27.0 Å². The van der Waals surface area contributed by atoms with Crippen LogP contribution in [0.3, 0.4) is 0 Å². The molecule has 2 aromatic carbocycles. The highest BCUT2D eigenvalue weighted by atomic mass is 16.5. The predicted molar refractivity (Wildman–Crippen MR) is 231 cm³/mol.